The molecule has 2 aromatic carbocycles. The van der Waals surface area contributed by atoms with Gasteiger partial charge >= 0.3 is 0 Å². The number of Topliss-reactive ketones (excluding diaryl/α,β-unsaturated/α-hetero) is 1. The summed E-state index contributed by atoms with van der Waals surface area (Å²) in [5, 5.41) is 21.9. The van der Waals surface area contributed by atoms with Crippen molar-refractivity contribution in [1.29, 1.82) is 0 Å². The Labute approximate surface area is 195 Å². The highest BCUT2D eigenvalue weighted by Crippen LogP contribution is 2.39. The quantitative estimate of drug-likeness (QED) is 0.509. The van der Waals surface area contributed by atoms with Gasteiger partial charge in [0.2, 0.25) is 0 Å². The van der Waals surface area contributed by atoms with Crippen molar-refractivity contribution in [2.75, 3.05) is 0 Å². The molecule has 0 amide bonds. The van der Waals surface area contributed by atoms with Gasteiger partial charge in [-0.25, -0.2) is 0 Å². The molecule has 3 nitrogen and oxygen atoms in total. The van der Waals surface area contributed by atoms with Crippen molar-refractivity contribution >= 4 is 5.78 Å². The van der Waals surface area contributed by atoms with Crippen LogP contribution < -0.4 is 0 Å². The van der Waals surface area contributed by atoms with Gasteiger partial charge < -0.3 is 15.0 Å². The van der Waals surface area contributed by atoms with E-state index in [1.54, 1.807) is 6.92 Å². The minimum Gasteiger partial charge on any atom is -0.507 e. The van der Waals surface area contributed by atoms with Crippen LogP contribution >= 0.6 is 0 Å². The molecule has 0 aliphatic heterocycles. The fourth-order valence-corrected chi connectivity index (χ4v) is 3.55. The van der Waals surface area contributed by atoms with Crippen LogP contribution in [0.15, 0.2) is 24.3 Å². The lowest BCUT2D eigenvalue weighted by Gasteiger charge is -2.25. The predicted octanol–water partition coefficient (Wildman–Crippen LogP) is 7.39. The van der Waals surface area contributed by atoms with Crippen molar-refractivity contribution in [1.82, 2.24) is 0 Å². The van der Waals surface area contributed by atoms with Crippen LogP contribution in [0.2, 0.25) is 0 Å². The Morgan fingerprint density at radius 3 is 1.25 bits per heavy atom. The highest BCUT2D eigenvalue weighted by atomic mass is 16.3. The zero-order valence-electron chi connectivity index (χ0n) is 21.9. The number of carbonyl (C=O) groups excluding carboxylic acids is 1. The van der Waals surface area contributed by atoms with Gasteiger partial charge in [-0.2, -0.15) is 0 Å². The molecule has 2 N–H and O–H groups in total. The molecular formula is C29H44O3. The molecule has 0 fully saturated rings. The second-order valence-corrected chi connectivity index (χ2v) is 10.7. The van der Waals surface area contributed by atoms with Crippen molar-refractivity contribution in [3.63, 3.8) is 0 Å². The molecule has 0 saturated heterocycles. The molecule has 0 aliphatic carbocycles. The maximum absolute atomic E-state index is 11.0. The lowest BCUT2D eigenvalue weighted by Crippen LogP contribution is -2.14. The van der Waals surface area contributed by atoms with Crippen LogP contribution in [0.25, 0.3) is 0 Å². The third kappa shape index (κ3) is 7.39. The van der Waals surface area contributed by atoms with Crippen LogP contribution in [0.3, 0.4) is 0 Å². The minimum absolute atomic E-state index is 0.131. The first-order valence-corrected chi connectivity index (χ1v) is 11.8. The van der Waals surface area contributed by atoms with E-state index < -0.39 is 0 Å². The number of benzene rings is 2. The molecule has 2 rings (SSSR count). The Hall–Kier alpha value is -2.29. The van der Waals surface area contributed by atoms with E-state index in [1.165, 1.54) is 11.1 Å². The molecular weight excluding hydrogens is 396 g/mol. The maximum atomic E-state index is 11.0. The molecule has 0 aliphatic rings. The van der Waals surface area contributed by atoms with Crippen LogP contribution in [-0.4, -0.2) is 16.0 Å². The highest BCUT2D eigenvalue weighted by Gasteiger charge is 2.24. The number of hydrogen-bond acceptors (Lipinski definition) is 3. The van der Waals surface area contributed by atoms with Gasteiger partial charge in [0.15, 0.2) is 0 Å². The number of rotatable bonds is 5. The van der Waals surface area contributed by atoms with Crippen molar-refractivity contribution in [3.8, 4) is 11.5 Å². The summed E-state index contributed by atoms with van der Waals surface area (Å²) in [5.74, 6) is 0.974. The van der Waals surface area contributed by atoms with Gasteiger partial charge in [-0.05, 0) is 64.0 Å². The zero-order valence-corrected chi connectivity index (χ0v) is 21.9. The molecule has 0 bridgehead atoms. The first-order valence-electron chi connectivity index (χ1n) is 11.8. The van der Waals surface area contributed by atoms with Crippen molar-refractivity contribution in [2.45, 2.75) is 106 Å². The van der Waals surface area contributed by atoms with E-state index in [4.69, 9.17) is 0 Å². The number of aromatic hydroxyl groups is 2. The molecule has 0 spiro atoms. The first-order chi connectivity index (χ1) is 14.6. The van der Waals surface area contributed by atoms with Gasteiger partial charge in [-0.1, -0.05) is 86.6 Å². The summed E-state index contributed by atoms with van der Waals surface area (Å²) in [6.45, 7) is 20.4. The molecule has 0 unspecified atom stereocenters. The second-order valence-electron chi connectivity index (χ2n) is 10.7. The third-order valence-corrected chi connectivity index (χ3v) is 5.81. The number of ketones is 1. The Morgan fingerprint density at radius 1 is 0.719 bits per heavy atom. The summed E-state index contributed by atoms with van der Waals surface area (Å²) >= 11 is 0. The van der Waals surface area contributed by atoms with Crippen LogP contribution in [-0.2, 0) is 34.9 Å². The number of aryl methyl sites for hydroxylation is 2. The average Bonchev–Trinajstić information content (AvgIpc) is 2.69. The van der Waals surface area contributed by atoms with Gasteiger partial charge in [0.05, 0.1) is 0 Å². The van der Waals surface area contributed by atoms with E-state index in [1.807, 2.05) is 6.92 Å². The van der Waals surface area contributed by atoms with E-state index in [-0.39, 0.29) is 16.6 Å². The molecule has 32 heavy (non-hydrogen) atoms. The number of phenols is 2. The smallest absolute Gasteiger partial charge is 0.129 e. The molecule has 0 heterocycles. The molecule has 0 aromatic heterocycles. The fourth-order valence-electron chi connectivity index (χ4n) is 3.55. The van der Waals surface area contributed by atoms with Crippen LogP contribution in [0.1, 0.15) is 109 Å². The van der Waals surface area contributed by atoms with E-state index in [0.717, 1.165) is 35.1 Å². The summed E-state index contributed by atoms with van der Waals surface area (Å²) in [6, 6.07) is 8.39. The molecule has 178 valence electrons. The Morgan fingerprint density at radius 2 is 1.03 bits per heavy atom. The second kappa shape index (κ2) is 11.0. The first kappa shape index (κ1) is 27.7. The molecule has 0 radical (unpaired) electrons. The van der Waals surface area contributed by atoms with Crippen molar-refractivity contribution in [2.24, 2.45) is 0 Å². The Bertz CT molecular complexity index is 855. The predicted molar refractivity (Wildman–Crippen MR) is 136 cm³/mol. The molecule has 3 heteroatoms. The lowest BCUT2D eigenvalue weighted by molar-refractivity contribution is -0.116. The number of phenolic OH excluding ortho intramolecular Hbond substituents is 2. The van der Waals surface area contributed by atoms with Crippen LogP contribution in [0, 0.1) is 0 Å². The fraction of sp³-hybridized carbons (Fsp3) is 0.552. The third-order valence-electron chi connectivity index (χ3n) is 5.81. The molecule has 0 atom stereocenters. The average molecular weight is 441 g/mol. The van der Waals surface area contributed by atoms with Crippen LogP contribution in [0.4, 0.5) is 0 Å². The Kier molecular flexibility index (Phi) is 9.56. The van der Waals surface area contributed by atoms with Crippen LogP contribution in [0.5, 0.6) is 11.5 Å². The SMILES string of the molecule is CCC(C)=O.CCc1cc(Cc2cc(CC)cc(C(C)(C)C)c2O)c(O)c(C(C)(C)C)c1. The topological polar surface area (TPSA) is 57.5 Å². The summed E-state index contributed by atoms with van der Waals surface area (Å²) in [7, 11) is 0. The summed E-state index contributed by atoms with van der Waals surface area (Å²) in [4.78, 5) is 9.81. The van der Waals surface area contributed by atoms with E-state index in [9.17, 15) is 15.0 Å². The van der Waals surface area contributed by atoms with Gasteiger partial charge in [0, 0.05) is 12.8 Å². The van der Waals surface area contributed by atoms with Gasteiger partial charge in [-0.15, -0.1) is 0 Å². The monoisotopic (exact) mass is 440 g/mol. The van der Waals surface area contributed by atoms with E-state index in [0.29, 0.717) is 24.3 Å². The minimum atomic E-state index is -0.131. The van der Waals surface area contributed by atoms with Gasteiger partial charge in [0.25, 0.3) is 0 Å². The maximum Gasteiger partial charge on any atom is 0.129 e. The zero-order chi connectivity index (χ0) is 24.9. The number of hydrogen-bond donors (Lipinski definition) is 2. The van der Waals surface area contributed by atoms with Crippen molar-refractivity contribution < 1.29 is 15.0 Å². The van der Waals surface area contributed by atoms with Gasteiger partial charge in [0.1, 0.15) is 17.3 Å². The van der Waals surface area contributed by atoms with Crippen molar-refractivity contribution in [3.05, 3.63) is 57.6 Å². The standard InChI is InChI=1S/C25H36O2.C4H8O/c1-9-16-11-18(22(26)20(13-16)24(3,4)5)15-19-12-17(10-2)14-21(23(19)27)25(6,7)8;1-3-4(2)5/h11-14,26-27H,9-10,15H2,1-8H3;3H2,1-2H3. The van der Waals surface area contributed by atoms with E-state index in [2.05, 4.69) is 79.7 Å². The molecule has 0 saturated carbocycles. The molecule has 2 aromatic rings. The summed E-state index contributed by atoms with van der Waals surface area (Å²) < 4.78 is 0. The summed E-state index contributed by atoms with van der Waals surface area (Å²) in [6.07, 6.45) is 3.04. The largest absolute Gasteiger partial charge is 0.507 e. The highest BCUT2D eigenvalue weighted by molar-refractivity contribution is 5.74. The lowest BCUT2D eigenvalue weighted by atomic mass is 9.81. The summed E-state index contributed by atoms with van der Waals surface area (Å²) in [5.41, 5.74) is 5.90. The van der Waals surface area contributed by atoms with E-state index >= 15 is 0 Å². The van der Waals surface area contributed by atoms with Gasteiger partial charge in [-0.3, -0.25) is 0 Å². The Balaban J connectivity index is 0.000000920. The number of carbonyl (C=O) groups is 1. The normalized spacial score (nSPS) is 11.7.